The molecule has 0 spiro atoms. The van der Waals surface area contributed by atoms with Crippen molar-refractivity contribution in [2.45, 2.75) is 13.8 Å². The maximum absolute atomic E-state index is 10.7. The minimum atomic E-state index is -0.308. The molecule has 0 fully saturated rings. The standard InChI is InChI=1S/C8H16N2O3/c1-6(5-13-7(2)11)4-10-8(12)3-9/h6H,3-5,9H2,1-2H3,(H,10,12). The zero-order chi connectivity index (χ0) is 10.3. The van der Waals surface area contributed by atoms with Gasteiger partial charge in [-0.1, -0.05) is 6.92 Å². The van der Waals surface area contributed by atoms with Crippen molar-refractivity contribution in [1.29, 1.82) is 0 Å². The summed E-state index contributed by atoms with van der Waals surface area (Å²) >= 11 is 0. The molecule has 13 heavy (non-hydrogen) atoms. The van der Waals surface area contributed by atoms with Gasteiger partial charge < -0.3 is 15.8 Å². The summed E-state index contributed by atoms with van der Waals surface area (Å²) in [5, 5.41) is 2.60. The first-order chi connectivity index (χ1) is 6.06. The minimum Gasteiger partial charge on any atom is -0.466 e. The number of amides is 1. The van der Waals surface area contributed by atoms with Gasteiger partial charge in [0.2, 0.25) is 5.91 Å². The van der Waals surface area contributed by atoms with Gasteiger partial charge in [0.05, 0.1) is 13.2 Å². The van der Waals surface area contributed by atoms with Crippen molar-refractivity contribution in [2.75, 3.05) is 19.7 Å². The summed E-state index contributed by atoms with van der Waals surface area (Å²) in [5.74, 6) is -0.397. The number of hydrogen-bond donors (Lipinski definition) is 2. The number of carbonyl (C=O) groups is 2. The molecule has 1 amide bonds. The van der Waals surface area contributed by atoms with Gasteiger partial charge in [0.1, 0.15) is 0 Å². The second kappa shape index (κ2) is 6.42. The first kappa shape index (κ1) is 11.9. The lowest BCUT2D eigenvalue weighted by Crippen LogP contribution is -2.34. The van der Waals surface area contributed by atoms with E-state index in [2.05, 4.69) is 5.32 Å². The van der Waals surface area contributed by atoms with Crippen LogP contribution in [-0.4, -0.2) is 31.6 Å². The second-order valence-electron chi connectivity index (χ2n) is 2.92. The molecular weight excluding hydrogens is 172 g/mol. The monoisotopic (exact) mass is 188 g/mol. The van der Waals surface area contributed by atoms with Crippen molar-refractivity contribution in [1.82, 2.24) is 5.32 Å². The van der Waals surface area contributed by atoms with E-state index in [1.165, 1.54) is 6.92 Å². The summed E-state index contributed by atoms with van der Waals surface area (Å²) in [4.78, 5) is 21.1. The van der Waals surface area contributed by atoms with E-state index in [1.54, 1.807) is 0 Å². The largest absolute Gasteiger partial charge is 0.466 e. The third kappa shape index (κ3) is 7.27. The highest BCUT2D eigenvalue weighted by Gasteiger charge is 2.05. The van der Waals surface area contributed by atoms with Gasteiger partial charge in [-0.3, -0.25) is 9.59 Å². The predicted molar refractivity (Wildman–Crippen MR) is 47.9 cm³/mol. The average Bonchev–Trinajstić information content (AvgIpc) is 2.10. The first-order valence-corrected chi connectivity index (χ1v) is 4.16. The van der Waals surface area contributed by atoms with E-state index in [4.69, 9.17) is 10.5 Å². The molecular formula is C8H16N2O3. The van der Waals surface area contributed by atoms with Crippen molar-refractivity contribution in [3.05, 3.63) is 0 Å². The van der Waals surface area contributed by atoms with Crippen LogP contribution in [0.5, 0.6) is 0 Å². The Balaban J connectivity index is 3.45. The lowest BCUT2D eigenvalue weighted by atomic mass is 10.2. The van der Waals surface area contributed by atoms with E-state index in [9.17, 15) is 9.59 Å². The van der Waals surface area contributed by atoms with Gasteiger partial charge in [-0.05, 0) is 0 Å². The summed E-state index contributed by atoms with van der Waals surface area (Å²) in [7, 11) is 0. The predicted octanol–water partition coefficient (Wildman–Crippen LogP) is -0.739. The van der Waals surface area contributed by atoms with Crippen molar-refractivity contribution < 1.29 is 14.3 Å². The van der Waals surface area contributed by atoms with E-state index in [-0.39, 0.29) is 24.3 Å². The molecule has 0 aliphatic heterocycles. The van der Waals surface area contributed by atoms with Gasteiger partial charge in [-0.25, -0.2) is 0 Å². The molecule has 0 bridgehead atoms. The zero-order valence-corrected chi connectivity index (χ0v) is 8.00. The molecule has 1 unspecified atom stereocenters. The van der Waals surface area contributed by atoms with E-state index >= 15 is 0 Å². The van der Waals surface area contributed by atoms with Gasteiger partial charge >= 0.3 is 5.97 Å². The molecule has 0 aliphatic rings. The van der Waals surface area contributed by atoms with Crippen LogP contribution in [0.1, 0.15) is 13.8 Å². The summed E-state index contributed by atoms with van der Waals surface area (Å²) in [6.07, 6.45) is 0. The molecule has 0 aromatic heterocycles. The highest BCUT2D eigenvalue weighted by Crippen LogP contribution is 1.93. The fraction of sp³-hybridized carbons (Fsp3) is 0.750. The minimum absolute atomic E-state index is 0.0136. The van der Waals surface area contributed by atoms with Crippen LogP contribution in [0.2, 0.25) is 0 Å². The molecule has 1 atom stereocenters. The molecule has 5 heteroatoms. The Hall–Kier alpha value is -1.10. The fourth-order valence-electron chi connectivity index (χ4n) is 0.679. The van der Waals surface area contributed by atoms with Gasteiger partial charge in [-0.15, -0.1) is 0 Å². The number of nitrogens with one attached hydrogen (secondary N) is 1. The fourth-order valence-corrected chi connectivity index (χ4v) is 0.679. The Morgan fingerprint density at radius 3 is 2.62 bits per heavy atom. The summed E-state index contributed by atoms with van der Waals surface area (Å²) in [5.41, 5.74) is 5.08. The van der Waals surface area contributed by atoms with E-state index in [0.29, 0.717) is 13.2 Å². The van der Waals surface area contributed by atoms with Gasteiger partial charge in [0.15, 0.2) is 0 Å². The Kier molecular flexibility index (Phi) is 5.88. The molecule has 0 saturated heterocycles. The number of nitrogens with two attached hydrogens (primary N) is 1. The Labute approximate surface area is 77.6 Å². The molecule has 0 radical (unpaired) electrons. The van der Waals surface area contributed by atoms with Gasteiger partial charge in [0.25, 0.3) is 0 Å². The maximum atomic E-state index is 10.7. The van der Waals surface area contributed by atoms with Crippen molar-refractivity contribution in [3.63, 3.8) is 0 Å². The molecule has 76 valence electrons. The number of ether oxygens (including phenoxy) is 1. The lowest BCUT2D eigenvalue weighted by molar-refractivity contribution is -0.142. The topological polar surface area (TPSA) is 81.4 Å². The average molecular weight is 188 g/mol. The maximum Gasteiger partial charge on any atom is 0.302 e. The molecule has 3 N–H and O–H groups in total. The van der Waals surface area contributed by atoms with Gasteiger partial charge in [0, 0.05) is 19.4 Å². The quantitative estimate of drug-likeness (QED) is 0.557. The Bertz CT molecular complexity index is 182. The van der Waals surface area contributed by atoms with Crippen LogP contribution in [0.15, 0.2) is 0 Å². The molecule has 0 rings (SSSR count). The van der Waals surface area contributed by atoms with Crippen LogP contribution in [0.25, 0.3) is 0 Å². The molecule has 0 saturated carbocycles. The van der Waals surface area contributed by atoms with Crippen LogP contribution in [0, 0.1) is 5.92 Å². The highest BCUT2D eigenvalue weighted by molar-refractivity contribution is 5.77. The number of hydrogen-bond acceptors (Lipinski definition) is 4. The van der Waals surface area contributed by atoms with Crippen LogP contribution >= 0.6 is 0 Å². The van der Waals surface area contributed by atoms with Crippen molar-refractivity contribution >= 4 is 11.9 Å². The number of carbonyl (C=O) groups excluding carboxylic acids is 2. The first-order valence-electron chi connectivity index (χ1n) is 4.16. The van der Waals surface area contributed by atoms with Crippen molar-refractivity contribution in [2.24, 2.45) is 11.7 Å². The lowest BCUT2D eigenvalue weighted by Gasteiger charge is -2.11. The molecule has 0 aliphatic carbocycles. The zero-order valence-electron chi connectivity index (χ0n) is 8.00. The summed E-state index contributed by atoms with van der Waals surface area (Å²) in [6.45, 7) is 4.01. The molecule has 0 aromatic carbocycles. The SMILES string of the molecule is CC(=O)OCC(C)CNC(=O)CN. The van der Waals surface area contributed by atoms with Crippen LogP contribution in [-0.2, 0) is 14.3 Å². The number of rotatable bonds is 5. The van der Waals surface area contributed by atoms with Crippen LogP contribution in [0.3, 0.4) is 0 Å². The summed E-state index contributed by atoms with van der Waals surface area (Å²) in [6, 6.07) is 0. The molecule has 5 nitrogen and oxygen atoms in total. The smallest absolute Gasteiger partial charge is 0.302 e. The van der Waals surface area contributed by atoms with E-state index in [1.807, 2.05) is 6.92 Å². The Morgan fingerprint density at radius 2 is 2.15 bits per heavy atom. The normalized spacial score (nSPS) is 11.9. The molecule has 0 aromatic rings. The van der Waals surface area contributed by atoms with Gasteiger partial charge in [-0.2, -0.15) is 0 Å². The third-order valence-electron chi connectivity index (χ3n) is 1.40. The van der Waals surface area contributed by atoms with Crippen LogP contribution < -0.4 is 11.1 Å². The number of esters is 1. The second-order valence-corrected chi connectivity index (χ2v) is 2.92. The highest BCUT2D eigenvalue weighted by atomic mass is 16.5. The van der Waals surface area contributed by atoms with E-state index < -0.39 is 0 Å². The third-order valence-corrected chi connectivity index (χ3v) is 1.40. The molecule has 0 heterocycles. The van der Waals surface area contributed by atoms with Crippen LogP contribution in [0.4, 0.5) is 0 Å². The summed E-state index contributed by atoms with van der Waals surface area (Å²) < 4.78 is 4.75. The van der Waals surface area contributed by atoms with E-state index in [0.717, 1.165) is 0 Å². The Morgan fingerprint density at radius 1 is 1.54 bits per heavy atom. The van der Waals surface area contributed by atoms with Crippen molar-refractivity contribution in [3.8, 4) is 0 Å².